The number of piperidine rings is 1. The minimum atomic E-state index is 0.435. The van der Waals surface area contributed by atoms with Crippen molar-refractivity contribution in [3.05, 3.63) is 0 Å². The average molecular weight is 141 g/mol. The van der Waals surface area contributed by atoms with Crippen molar-refractivity contribution >= 4 is 5.78 Å². The Balaban J connectivity index is 2.45. The number of Topliss-reactive ketones (excluding diaryl/α,β-unsaturated/α-hetero) is 1. The van der Waals surface area contributed by atoms with E-state index in [2.05, 4.69) is 18.9 Å². The average Bonchev–Trinajstić information content (AvgIpc) is 1.94. The molecule has 10 heavy (non-hydrogen) atoms. The van der Waals surface area contributed by atoms with Crippen LogP contribution < -0.4 is 0 Å². The lowest BCUT2D eigenvalue weighted by Crippen LogP contribution is -2.39. The molecular weight excluding hydrogens is 126 g/mol. The van der Waals surface area contributed by atoms with Crippen LogP contribution in [-0.4, -0.2) is 30.3 Å². The van der Waals surface area contributed by atoms with Gasteiger partial charge in [0.05, 0.1) is 0 Å². The molecule has 1 aliphatic rings. The highest BCUT2D eigenvalue weighted by Gasteiger charge is 2.21. The highest BCUT2D eigenvalue weighted by atomic mass is 16.1. The Hall–Kier alpha value is -0.370. The number of rotatable bonds is 1. The molecule has 1 fully saturated rings. The minimum Gasteiger partial charge on any atom is -0.303 e. The summed E-state index contributed by atoms with van der Waals surface area (Å²) in [7, 11) is 2.10. The molecule has 0 bridgehead atoms. The fraction of sp³-hybridized carbons (Fsp3) is 0.875. The van der Waals surface area contributed by atoms with Crippen molar-refractivity contribution in [3.8, 4) is 0 Å². The van der Waals surface area contributed by atoms with Crippen LogP contribution in [0.5, 0.6) is 0 Å². The van der Waals surface area contributed by atoms with Gasteiger partial charge in [-0.25, -0.2) is 0 Å². The summed E-state index contributed by atoms with van der Waals surface area (Å²) in [4.78, 5) is 13.2. The third-order valence-electron chi connectivity index (χ3n) is 2.30. The normalized spacial score (nSPS) is 29.0. The van der Waals surface area contributed by atoms with E-state index in [9.17, 15) is 4.79 Å². The number of hydrogen-bond donors (Lipinski definition) is 0. The molecule has 0 aliphatic carbocycles. The lowest BCUT2D eigenvalue weighted by atomic mass is 10.00. The summed E-state index contributed by atoms with van der Waals surface area (Å²) in [6, 6.07) is 0.515. The van der Waals surface area contributed by atoms with Crippen LogP contribution in [0.1, 0.15) is 26.2 Å². The molecule has 1 aliphatic heterocycles. The lowest BCUT2D eigenvalue weighted by molar-refractivity contribution is -0.122. The summed E-state index contributed by atoms with van der Waals surface area (Å²) in [5, 5.41) is 0. The van der Waals surface area contributed by atoms with Gasteiger partial charge in [-0.1, -0.05) is 6.92 Å². The van der Waals surface area contributed by atoms with Gasteiger partial charge in [0.1, 0.15) is 5.78 Å². The van der Waals surface area contributed by atoms with Crippen LogP contribution in [0.15, 0.2) is 0 Å². The number of carbonyl (C=O) groups excluding carboxylic acids is 1. The molecule has 1 unspecified atom stereocenters. The molecule has 1 heterocycles. The number of nitrogens with zero attached hydrogens (tertiary/aromatic N) is 1. The van der Waals surface area contributed by atoms with Gasteiger partial charge in [0, 0.05) is 25.4 Å². The summed E-state index contributed by atoms with van der Waals surface area (Å²) in [6.45, 7) is 3.09. The van der Waals surface area contributed by atoms with Gasteiger partial charge in [0.25, 0.3) is 0 Å². The van der Waals surface area contributed by atoms with Crippen molar-refractivity contribution in [3.63, 3.8) is 0 Å². The maximum atomic E-state index is 11.0. The molecule has 58 valence electrons. The number of carbonyl (C=O) groups is 1. The van der Waals surface area contributed by atoms with Crippen LogP contribution >= 0.6 is 0 Å². The van der Waals surface area contributed by atoms with Crippen LogP contribution in [0, 0.1) is 0 Å². The zero-order valence-corrected chi connectivity index (χ0v) is 6.76. The van der Waals surface area contributed by atoms with Crippen LogP contribution in [0.25, 0.3) is 0 Å². The van der Waals surface area contributed by atoms with Gasteiger partial charge in [-0.2, -0.15) is 0 Å². The van der Waals surface area contributed by atoms with Crippen LogP contribution in [0.3, 0.4) is 0 Å². The Bertz CT molecular complexity index is 133. The van der Waals surface area contributed by atoms with Crippen molar-refractivity contribution < 1.29 is 4.79 Å². The van der Waals surface area contributed by atoms with E-state index >= 15 is 0 Å². The second-order valence-corrected chi connectivity index (χ2v) is 3.04. The summed E-state index contributed by atoms with van der Waals surface area (Å²) in [5.41, 5.74) is 0. The molecule has 0 aromatic carbocycles. The van der Waals surface area contributed by atoms with Crippen LogP contribution in [-0.2, 0) is 4.79 Å². The molecule has 0 aromatic heterocycles. The quantitative estimate of drug-likeness (QED) is 0.544. The first-order valence-electron chi connectivity index (χ1n) is 3.96. The van der Waals surface area contributed by atoms with Gasteiger partial charge in [0.2, 0.25) is 0 Å². The number of hydrogen-bond acceptors (Lipinski definition) is 2. The molecule has 1 rings (SSSR count). The maximum Gasteiger partial charge on any atom is 0.135 e. The summed E-state index contributed by atoms with van der Waals surface area (Å²) in [6.07, 6.45) is 2.63. The van der Waals surface area contributed by atoms with E-state index in [1.807, 2.05) is 0 Å². The van der Waals surface area contributed by atoms with E-state index in [0.717, 1.165) is 25.8 Å². The monoisotopic (exact) mass is 141 g/mol. The van der Waals surface area contributed by atoms with Crippen molar-refractivity contribution in [2.45, 2.75) is 32.2 Å². The third kappa shape index (κ3) is 1.57. The zero-order chi connectivity index (χ0) is 7.56. The van der Waals surface area contributed by atoms with E-state index in [1.165, 1.54) is 0 Å². The Morgan fingerprint density at radius 1 is 1.70 bits per heavy atom. The lowest BCUT2D eigenvalue weighted by Gasteiger charge is -2.30. The van der Waals surface area contributed by atoms with Gasteiger partial charge in [-0.15, -0.1) is 0 Å². The first kappa shape index (κ1) is 7.73. The predicted octanol–water partition coefficient (Wildman–Crippen LogP) is 1.06. The van der Waals surface area contributed by atoms with Crippen molar-refractivity contribution in [1.29, 1.82) is 0 Å². The highest BCUT2D eigenvalue weighted by molar-refractivity contribution is 5.79. The van der Waals surface area contributed by atoms with E-state index in [1.54, 1.807) is 0 Å². The summed E-state index contributed by atoms with van der Waals surface area (Å²) < 4.78 is 0. The molecule has 1 saturated heterocycles. The van der Waals surface area contributed by atoms with E-state index in [-0.39, 0.29) is 0 Å². The molecule has 0 amide bonds. The molecule has 1 atom stereocenters. The zero-order valence-electron chi connectivity index (χ0n) is 6.76. The van der Waals surface area contributed by atoms with E-state index < -0.39 is 0 Å². The molecular formula is C8H15NO. The second-order valence-electron chi connectivity index (χ2n) is 3.04. The fourth-order valence-corrected chi connectivity index (χ4v) is 1.46. The summed E-state index contributed by atoms with van der Waals surface area (Å²) in [5.74, 6) is 0.435. The molecule has 0 radical (unpaired) electrons. The van der Waals surface area contributed by atoms with Gasteiger partial charge in [0.15, 0.2) is 0 Å². The Labute approximate surface area is 62.2 Å². The molecule has 2 nitrogen and oxygen atoms in total. The van der Waals surface area contributed by atoms with Gasteiger partial charge < -0.3 is 4.90 Å². The summed E-state index contributed by atoms with van der Waals surface area (Å²) >= 11 is 0. The Morgan fingerprint density at radius 3 is 2.90 bits per heavy atom. The minimum absolute atomic E-state index is 0.435. The van der Waals surface area contributed by atoms with Crippen molar-refractivity contribution in [2.75, 3.05) is 13.6 Å². The van der Waals surface area contributed by atoms with Gasteiger partial charge >= 0.3 is 0 Å². The molecule has 0 aromatic rings. The SMILES string of the molecule is CCC1CC(=O)CCN1C. The smallest absolute Gasteiger partial charge is 0.135 e. The maximum absolute atomic E-state index is 11.0. The highest BCUT2D eigenvalue weighted by Crippen LogP contribution is 2.14. The van der Waals surface area contributed by atoms with Crippen LogP contribution in [0.4, 0.5) is 0 Å². The van der Waals surface area contributed by atoms with E-state index in [4.69, 9.17) is 0 Å². The van der Waals surface area contributed by atoms with Crippen LogP contribution in [0.2, 0.25) is 0 Å². The standard InChI is InChI=1S/C8H15NO/c1-3-7-6-8(10)4-5-9(7)2/h7H,3-6H2,1-2H3. The first-order valence-corrected chi connectivity index (χ1v) is 3.96. The van der Waals surface area contributed by atoms with E-state index in [0.29, 0.717) is 11.8 Å². The Kier molecular flexibility index (Phi) is 2.44. The molecule has 0 spiro atoms. The predicted molar refractivity (Wildman–Crippen MR) is 41.0 cm³/mol. The molecule has 0 saturated carbocycles. The second kappa shape index (κ2) is 3.15. The Morgan fingerprint density at radius 2 is 2.40 bits per heavy atom. The molecule has 0 N–H and O–H groups in total. The number of ketones is 1. The van der Waals surface area contributed by atoms with Crippen molar-refractivity contribution in [2.24, 2.45) is 0 Å². The molecule has 2 heteroatoms. The first-order chi connectivity index (χ1) is 4.74. The van der Waals surface area contributed by atoms with Gasteiger partial charge in [-0.3, -0.25) is 4.79 Å². The third-order valence-corrected chi connectivity index (χ3v) is 2.30. The fourth-order valence-electron chi connectivity index (χ4n) is 1.46. The van der Waals surface area contributed by atoms with Crippen molar-refractivity contribution in [1.82, 2.24) is 4.90 Å². The topological polar surface area (TPSA) is 20.3 Å². The van der Waals surface area contributed by atoms with Gasteiger partial charge in [-0.05, 0) is 13.5 Å². The number of likely N-dealkylation sites (tertiary alicyclic amines) is 1. The largest absolute Gasteiger partial charge is 0.303 e.